The normalized spacial score (nSPS) is 19.9. The second kappa shape index (κ2) is 8.48. The Morgan fingerprint density at radius 1 is 1.18 bits per heavy atom. The van der Waals surface area contributed by atoms with Crippen LogP contribution in [-0.2, 0) is 15.8 Å². The molecule has 1 aromatic carbocycles. The van der Waals surface area contributed by atoms with Crippen LogP contribution in [0.2, 0.25) is 0 Å². The van der Waals surface area contributed by atoms with Gasteiger partial charge in [0.1, 0.15) is 0 Å². The first-order chi connectivity index (χ1) is 13.2. The molecule has 1 atom stereocenters. The second-order valence-corrected chi connectivity index (χ2v) is 7.40. The van der Waals surface area contributed by atoms with Gasteiger partial charge in [-0.15, -0.1) is 0 Å². The van der Waals surface area contributed by atoms with Crippen molar-refractivity contribution in [3.63, 3.8) is 0 Å². The Hall–Kier alpha value is -2.13. The van der Waals surface area contributed by atoms with Crippen molar-refractivity contribution in [1.29, 1.82) is 0 Å². The van der Waals surface area contributed by atoms with E-state index in [1.165, 1.54) is 12.1 Å². The third kappa shape index (κ3) is 5.68. The van der Waals surface area contributed by atoms with Crippen molar-refractivity contribution in [2.24, 2.45) is 0 Å². The third-order valence-electron chi connectivity index (χ3n) is 5.10. The molecule has 1 aliphatic carbocycles. The molecule has 1 aromatic rings. The molecule has 0 aromatic heterocycles. The summed E-state index contributed by atoms with van der Waals surface area (Å²) in [7, 11) is 0. The number of nitrogens with one attached hydrogen (secondary N) is 2. The summed E-state index contributed by atoms with van der Waals surface area (Å²) < 4.78 is 38.3. The Balaban J connectivity index is 1.44. The number of piperazine rings is 1. The van der Waals surface area contributed by atoms with Crippen LogP contribution in [0.4, 0.5) is 18.9 Å². The molecule has 3 rings (SSSR count). The zero-order chi connectivity index (χ0) is 20.3. The van der Waals surface area contributed by atoms with E-state index in [1.807, 2.05) is 11.8 Å². The number of benzene rings is 1. The van der Waals surface area contributed by atoms with E-state index in [1.54, 1.807) is 0 Å². The molecule has 0 radical (unpaired) electrons. The van der Waals surface area contributed by atoms with Crippen LogP contribution in [0.3, 0.4) is 0 Å². The highest BCUT2D eigenvalue weighted by Gasteiger charge is 2.31. The average Bonchev–Trinajstić information content (AvgIpc) is 3.45. The number of nitrogens with zero attached hydrogens (tertiary/aromatic N) is 2. The van der Waals surface area contributed by atoms with Gasteiger partial charge in [0.2, 0.25) is 11.8 Å². The molecular formula is C19H25F3N4O2. The quantitative estimate of drug-likeness (QED) is 0.769. The highest BCUT2D eigenvalue weighted by Crippen LogP contribution is 2.30. The van der Waals surface area contributed by atoms with Gasteiger partial charge < -0.3 is 10.6 Å². The highest BCUT2D eigenvalue weighted by molar-refractivity contribution is 5.92. The lowest BCUT2D eigenvalue weighted by atomic mass is 10.2. The summed E-state index contributed by atoms with van der Waals surface area (Å²) in [5.41, 5.74) is -0.666. The van der Waals surface area contributed by atoms with Crippen LogP contribution in [-0.4, -0.2) is 66.4 Å². The predicted molar refractivity (Wildman–Crippen MR) is 98.7 cm³/mol. The highest BCUT2D eigenvalue weighted by atomic mass is 19.4. The second-order valence-electron chi connectivity index (χ2n) is 7.40. The molecule has 6 nitrogen and oxygen atoms in total. The Morgan fingerprint density at radius 2 is 1.86 bits per heavy atom. The Labute approximate surface area is 162 Å². The molecule has 1 aliphatic heterocycles. The van der Waals surface area contributed by atoms with Gasteiger partial charge >= 0.3 is 6.18 Å². The molecule has 2 amide bonds. The molecule has 1 unspecified atom stereocenters. The minimum atomic E-state index is -4.44. The zero-order valence-corrected chi connectivity index (χ0v) is 15.8. The number of amides is 2. The summed E-state index contributed by atoms with van der Waals surface area (Å²) in [6.07, 6.45) is -2.35. The molecule has 9 heteroatoms. The van der Waals surface area contributed by atoms with Crippen LogP contribution in [0, 0.1) is 0 Å². The summed E-state index contributed by atoms with van der Waals surface area (Å²) in [4.78, 5) is 28.3. The maximum Gasteiger partial charge on any atom is 0.416 e. The summed E-state index contributed by atoms with van der Waals surface area (Å²) in [6, 6.07) is 4.72. The van der Waals surface area contributed by atoms with Crippen molar-refractivity contribution in [2.45, 2.75) is 38.0 Å². The molecule has 0 spiro atoms. The summed E-state index contributed by atoms with van der Waals surface area (Å²) in [5, 5.41) is 5.52. The first-order valence-electron chi connectivity index (χ1n) is 9.46. The van der Waals surface area contributed by atoms with Gasteiger partial charge in [0.25, 0.3) is 0 Å². The van der Waals surface area contributed by atoms with Crippen LogP contribution >= 0.6 is 0 Å². The van der Waals surface area contributed by atoms with E-state index in [-0.39, 0.29) is 30.1 Å². The maximum atomic E-state index is 12.8. The number of halogens is 3. The van der Waals surface area contributed by atoms with Crippen LogP contribution in [0.25, 0.3) is 0 Å². The van der Waals surface area contributed by atoms with Crippen LogP contribution in [0.15, 0.2) is 24.3 Å². The van der Waals surface area contributed by atoms with Crippen molar-refractivity contribution in [3.05, 3.63) is 29.8 Å². The molecule has 0 bridgehead atoms. The van der Waals surface area contributed by atoms with E-state index in [0.29, 0.717) is 32.2 Å². The summed E-state index contributed by atoms with van der Waals surface area (Å²) in [6.45, 7) is 4.56. The first kappa shape index (κ1) is 20.6. The van der Waals surface area contributed by atoms with Gasteiger partial charge in [-0.2, -0.15) is 13.2 Å². The summed E-state index contributed by atoms with van der Waals surface area (Å²) >= 11 is 0. The SMILES string of the molecule is CC(C(=O)NC1CC1)N1CCN(CC(=O)Nc2cccc(C(F)(F)F)c2)CC1. The van der Waals surface area contributed by atoms with E-state index in [9.17, 15) is 22.8 Å². The minimum Gasteiger partial charge on any atom is -0.352 e. The lowest BCUT2D eigenvalue weighted by Crippen LogP contribution is -2.55. The monoisotopic (exact) mass is 398 g/mol. The Bertz CT molecular complexity index is 713. The van der Waals surface area contributed by atoms with Crippen molar-refractivity contribution in [2.75, 3.05) is 38.0 Å². The lowest BCUT2D eigenvalue weighted by molar-refractivity contribution is -0.137. The third-order valence-corrected chi connectivity index (χ3v) is 5.10. The molecule has 1 heterocycles. The van der Waals surface area contributed by atoms with E-state index in [4.69, 9.17) is 0 Å². The fourth-order valence-electron chi connectivity index (χ4n) is 3.20. The van der Waals surface area contributed by atoms with Crippen LogP contribution < -0.4 is 10.6 Å². The number of alkyl halides is 3. The van der Waals surface area contributed by atoms with Crippen LogP contribution in [0.1, 0.15) is 25.3 Å². The zero-order valence-electron chi connectivity index (χ0n) is 15.8. The lowest BCUT2D eigenvalue weighted by Gasteiger charge is -2.37. The largest absolute Gasteiger partial charge is 0.416 e. The van der Waals surface area contributed by atoms with E-state index < -0.39 is 11.7 Å². The van der Waals surface area contributed by atoms with E-state index >= 15 is 0 Å². The van der Waals surface area contributed by atoms with Gasteiger partial charge in [0, 0.05) is 37.9 Å². The van der Waals surface area contributed by atoms with Gasteiger partial charge in [0.05, 0.1) is 18.2 Å². The van der Waals surface area contributed by atoms with Gasteiger partial charge in [0.15, 0.2) is 0 Å². The molecule has 1 saturated carbocycles. The number of carbonyl (C=O) groups excluding carboxylic acids is 2. The predicted octanol–water partition coefficient (Wildman–Crippen LogP) is 1.93. The fraction of sp³-hybridized carbons (Fsp3) is 0.579. The molecule has 28 heavy (non-hydrogen) atoms. The van der Waals surface area contributed by atoms with Gasteiger partial charge in [-0.25, -0.2) is 0 Å². The molecule has 154 valence electrons. The van der Waals surface area contributed by atoms with Crippen molar-refractivity contribution < 1.29 is 22.8 Å². The molecule has 2 fully saturated rings. The number of rotatable bonds is 6. The summed E-state index contributed by atoms with van der Waals surface area (Å²) in [5.74, 6) is -0.314. The fourth-order valence-corrected chi connectivity index (χ4v) is 3.20. The minimum absolute atomic E-state index is 0.0400. The molecule has 2 N–H and O–H groups in total. The van der Waals surface area contributed by atoms with Crippen molar-refractivity contribution in [3.8, 4) is 0 Å². The maximum absolute atomic E-state index is 12.8. The first-order valence-corrected chi connectivity index (χ1v) is 9.46. The number of hydrogen-bond donors (Lipinski definition) is 2. The Kier molecular flexibility index (Phi) is 6.24. The molecule has 1 saturated heterocycles. The average molecular weight is 398 g/mol. The number of carbonyl (C=O) groups is 2. The smallest absolute Gasteiger partial charge is 0.352 e. The molecular weight excluding hydrogens is 373 g/mol. The number of anilines is 1. The molecule has 2 aliphatic rings. The Morgan fingerprint density at radius 3 is 2.46 bits per heavy atom. The van der Waals surface area contributed by atoms with E-state index in [2.05, 4.69) is 15.5 Å². The van der Waals surface area contributed by atoms with Gasteiger partial charge in [-0.05, 0) is 38.0 Å². The van der Waals surface area contributed by atoms with Crippen molar-refractivity contribution >= 4 is 17.5 Å². The van der Waals surface area contributed by atoms with Gasteiger partial charge in [-0.1, -0.05) is 6.07 Å². The number of hydrogen-bond acceptors (Lipinski definition) is 4. The topological polar surface area (TPSA) is 64.7 Å². The van der Waals surface area contributed by atoms with Gasteiger partial charge in [-0.3, -0.25) is 19.4 Å². The standard InChI is InChI=1S/C19H25F3N4O2/c1-13(18(28)24-15-5-6-15)26-9-7-25(8-10-26)12-17(27)23-16-4-2-3-14(11-16)19(20,21)22/h2-4,11,13,15H,5-10,12H2,1H3,(H,23,27)(H,24,28). The van der Waals surface area contributed by atoms with E-state index in [0.717, 1.165) is 25.0 Å². The van der Waals surface area contributed by atoms with Crippen LogP contribution in [0.5, 0.6) is 0 Å². The van der Waals surface area contributed by atoms with Crippen molar-refractivity contribution in [1.82, 2.24) is 15.1 Å².